The second-order valence-electron chi connectivity index (χ2n) is 7.25. The van der Waals surface area contributed by atoms with Crippen LogP contribution in [0.2, 0.25) is 0 Å². The van der Waals surface area contributed by atoms with Gasteiger partial charge in [0.2, 0.25) is 0 Å². The highest BCUT2D eigenvalue weighted by atomic mass is 16.5. The Bertz CT molecular complexity index is 535. The fraction of sp³-hybridized carbons (Fsp3) is 0.500. The van der Waals surface area contributed by atoms with Crippen molar-refractivity contribution in [2.24, 2.45) is 5.92 Å². The molecule has 0 aliphatic rings. The van der Waals surface area contributed by atoms with Gasteiger partial charge in [0.05, 0.1) is 6.61 Å². The maximum Gasteiger partial charge on any atom is 0.0717 e. The predicted molar refractivity (Wildman–Crippen MR) is 108 cm³/mol. The molecule has 0 aliphatic carbocycles. The molecule has 1 atom stereocenters. The van der Waals surface area contributed by atoms with Crippen molar-refractivity contribution >= 4 is 0 Å². The van der Waals surface area contributed by atoms with Gasteiger partial charge < -0.3 is 4.74 Å². The van der Waals surface area contributed by atoms with Crippen LogP contribution in [0.1, 0.15) is 63.0 Å². The van der Waals surface area contributed by atoms with E-state index in [1.165, 1.54) is 62.5 Å². The molecule has 0 saturated heterocycles. The molecule has 1 nitrogen and oxygen atoms in total. The van der Waals surface area contributed by atoms with Gasteiger partial charge >= 0.3 is 0 Å². The van der Waals surface area contributed by atoms with Crippen molar-refractivity contribution in [2.75, 3.05) is 6.61 Å². The molecule has 0 heterocycles. The van der Waals surface area contributed by atoms with Crippen LogP contribution in [0.25, 0.3) is 0 Å². The molecule has 0 bridgehead atoms. The van der Waals surface area contributed by atoms with Gasteiger partial charge in [-0.25, -0.2) is 0 Å². The van der Waals surface area contributed by atoms with Crippen molar-refractivity contribution in [1.82, 2.24) is 0 Å². The van der Waals surface area contributed by atoms with Crippen LogP contribution in [0.5, 0.6) is 0 Å². The monoisotopic (exact) mass is 338 g/mol. The minimum absolute atomic E-state index is 0.668. The summed E-state index contributed by atoms with van der Waals surface area (Å²) in [6.07, 6.45) is 10.7. The molecule has 2 rings (SSSR count). The number of aryl methyl sites for hydroxylation is 1. The molecule has 1 unspecified atom stereocenters. The van der Waals surface area contributed by atoms with Crippen molar-refractivity contribution in [3.05, 3.63) is 71.8 Å². The van der Waals surface area contributed by atoms with Gasteiger partial charge in [-0.05, 0) is 36.3 Å². The largest absolute Gasteiger partial charge is 0.376 e. The number of benzene rings is 2. The zero-order valence-electron chi connectivity index (χ0n) is 15.8. The van der Waals surface area contributed by atoms with E-state index in [0.29, 0.717) is 5.92 Å². The summed E-state index contributed by atoms with van der Waals surface area (Å²) < 4.78 is 5.83. The number of hydrogen-bond donors (Lipinski definition) is 0. The lowest BCUT2D eigenvalue weighted by Gasteiger charge is -2.12. The van der Waals surface area contributed by atoms with Crippen molar-refractivity contribution in [1.29, 1.82) is 0 Å². The first kappa shape index (κ1) is 19.7. The molecule has 0 spiro atoms. The highest BCUT2D eigenvalue weighted by molar-refractivity contribution is 5.14. The molecule has 0 saturated carbocycles. The van der Waals surface area contributed by atoms with Gasteiger partial charge in [-0.3, -0.25) is 0 Å². The van der Waals surface area contributed by atoms with Crippen LogP contribution in [-0.4, -0.2) is 6.61 Å². The van der Waals surface area contributed by atoms with Gasteiger partial charge in [-0.15, -0.1) is 0 Å². The van der Waals surface area contributed by atoms with E-state index in [4.69, 9.17) is 4.74 Å². The van der Waals surface area contributed by atoms with Gasteiger partial charge in [0.15, 0.2) is 0 Å². The maximum atomic E-state index is 5.83. The molecule has 2 aromatic rings. The molecular formula is C24H34O. The first-order valence-corrected chi connectivity index (χ1v) is 10.00. The molecule has 136 valence electrons. The Morgan fingerprint density at radius 2 is 1.24 bits per heavy atom. The van der Waals surface area contributed by atoms with E-state index in [-0.39, 0.29) is 0 Å². The Hall–Kier alpha value is -1.60. The van der Waals surface area contributed by atoms with Crippen LogP contribution in [0.15, 0.2) is 60.7 Å². The molecule has 25 heavy (non-hydrogen) atoms. The van der Waals surface area contributed by atoms with Crippen LogP contribution in [0.3, 0.4) is 0 Å². The topological polar surface area (TPSA) is 9.23 Å². The summed E-state index contributed by atoms with van der Waals surface area (Å²) in [5.74, 6) is 0.668. The maximum absolute atomic E-state index is 5.83. The van der Waals surface area contributed by atoms with Crippen molar-refractivity contribution in [2.45, 2.75) is 64.9 Å². The van der Waals surface area contributed by atoms with Gasteiger partial charge in [0.1, 0.15) is 0 Å². The smallest absolute Gasteiger partial charge is 0.0717 e. The summed E-state index contributed by atoms with van der Waals surface area (Å²) in [6, 6.07) is 21.3. The standard InChI is InChI=1S/C24H34O/c1-22(20-25-21-24-18-12-7-13-19-24)14-8-4-2-3-5-9-15-23-16-10-6-11-17-23/h6-7,10-13,16-19,22H,2-5,8-9,14-15,20-21H2,1H3. The van der Waals surface area contributed by atoms with E-state index >= 15 is 0 Å². The van der Waals surface area contributed by atoms with E-state index < -0.39 is 0 Å². The molecule has 0 radical (unpaired) electrons. The predicted octanol–water partition coefficient (Wildman–Crippen LogP) is 6.81. The van der Waals surface area contributed by atoms with E-state index in [0.717, 1.165) is 13.2 Å². The fourth-order valence-corrected chi connectivity index (χ4v) is 3.21. The van der Waals surface area contributed by atoms with E-state index in [1.807, 2.05) is 6.07 Å². The summed E-state index contributed by atoms with van der Waals surface area (Å²) in [5.41, 5.74) is 2.75. The van der Waals surface area contributed by atoms with Crippen molar-refractivity contribution in [3.63, 3.8) is 0 Å². The molecule has 0 N–H and O–H groups in total. The summed E-state index contributed by atoms with van der Waals surface area (Å²) in [4.78, 5) is 0. The Kier molecular flexibility index (Phi) is 10.0. The average molecular weight is 339 g/mol. The molecular weight excluding hydrogens is 304 g/mol. The zero-order chi connectivity index (χ0) is 17.6. The third-order valence-electron chi connectivity index (χ3n) is 4.77. The fourth-order valence-electron chi connectivity index (χ4n) is 3.21. The van der Waals surface area contributed by atoms with Crippen LogP contribution in [0, 0.1) is 5.92 Å². The van der Waals surface area contributed by atoms with Gasteiger partial charge in [-0.2, -0.15) is 0 Å². The number of hydrogen-bond acceptors (Lipinski definition) is 1. The number of ether oxygens (including phenoxy) is 1. The highest BCUT2D eigenvalue weighted by Gasteiger charge is 2.03. The normalized spacial score (nSPS) is 12.2. The van der Waals surface area contributed by atoms with Crippen LogP contribution >= 0.6 is 0 Å². The van der Waals surface area contributed by atoms with Crippen LogP contribution in [-0.2, 0) is 17.8 Å². The number of rotatable bonds is 13. The van der Waals surface area contributed by atoms with Crippen LogP contribution < -0.4 is 0 Å². The summed E-state index contributed by atoms with van der Waals surface area (Å²) >= 11 is 0. The lowest BCUT2D eigenvalue weighted by atomic mass is 10.0. The minimum Gasteiger partial charge on any atom is -0.376 e. The zero-order valence-corrected chi connectivity index (χ0v) is 15.8. The molecule has 0 amide bonds. The lowest BCUT2D eigenvalue weighted by Crippen LogP contribution is -2.06. The molecule has 2 aromatic carbocycles. The van der Waals surface area contributed by atoms with E-state index in [1.54, 1.807) is 0 Å². The molecule has 1 heteroatoms. The number of unbranched alkanes of at least 4 members (excludes halogenated alkanes) is 5. The van der Waals surface area contributed by atoms with Gasteiger partial charge in [0.25, 0.3) is 0 Å². The second-order valence-corrected chi connectivity index (χ2v) is 7.25. The SMILES string of the molecule is CC(CCCCCCCCc1ccccc1)COCc1ccccc1. The van der Waals surface area contributed by atoms with Gasteiger partial charge in [-0.1, -0.05) is 99.7 Å². The highest BCUT2D eigenvalue weighted by Crippen LogP contribution is 2.14. The quantitative estimate of drug-likeness (QED) is 0.364. The molecule has 0 fully saturated rings. The third kappa shape index (κ3) is 9.45. The van der Waals surface area contributed by atoms with Crippen molar-refractivity contribution in [3.8, 4) is 0 Å². The Morgan fingerprint density at radius 3 is 1.92 bits per heavy atom. The first-order valence-electron chi connectivity index (χ1n) is 10.00. The van der Waals surface area contributed by atoms with Crippen molar-refractivity contribution < 1.29 is 4.74 Å². The summed E-state index contributed by atoms with van der Waals surface area (Å²) in [6.45, 7) is 3.93. The molecule has 0 aromatic heterocycles. The lowest BCUT2D eigenvalue weighted by molar-refractivity contribution is 0.0887. The Morgan fingerprint density at radius 1 is 0.680 bits per heavy atom. The molecule has 0 aliphatic heterocycles. The average Bonchev–Trinajstić information content (AvgIpc) is 2.65. The van der Waals surface area contributed by atoms with E-state index in [9.17, 15) is 0 Å². The van der Waals surface area contributed by atoms with Crippen LogP contribution in [0.4, 0.5) is 0 Å². The third-order valence-corrected chi connectivity index (χ3v) is 4.77. The summed E-state index contributed by atoms with van der Waals surface area (Å²) in [7, 11) is 0. The Labute approximate surface area is 154 Å². The minimum atomic E-state index is 0.668. The van der Waals surface area contributed by atoms with E-state index in [2.05, 4.69) is 61.5 Å². The second kappa shape index (κ2) is 12.7. The summed E-state index contributed by atoms with van der Waals surface area (Å²) in [5, 5.41) is 0. The van der Waals surface area contributed by atoms with Gasteiger partial charge in [0, 0.05) is 6.61 Å². The Balaban J connectivity index is 1.38. The first-order chi connectivity index (χ1) is 12.3.